The quantitative estimate of drug-likeness (QED) is 0.794. The Morgan fingerprint density at radius 2 is 1.94 bits per heavy atom. The van der Waals surface area contributed by atoms with Crippen molar-refractivity contribution in [2.45, 2.75) is 51.7 Å². The predicted octanol–water partition coefficient (Wildman–Crippen LogP) is 1.88. The Morgan fingerprint density at radius 1 is 1.18 bits per heavy atom. The van der Waals surface area contributed by atoms with Crippen LogP contribution in [-0.4, -0.2) is 49.8 Å². The number of nitrogens with one attached hydrogen (secondary N) is 1. The van der Waals surface area contributed by atoms with Gasteiger partial charge in [-0.1, -0.05) is 13.8 Å². The third kappa shape index (κ3) is 3.67. The van der Waals surface area contributed by atoms with Gasteiger partial charge < -0.3 is 15.0 Å². The van der Waals surface area contributed by atoms with Crippen LogP contribution in [0.25, 0.3) is 0 Å². The van der Waals surface area contributed by atoms with Gasteiger partial charge in [0.15, 0.2) is 0 Å². The lowest BCUT2D eigenvalue weighted by Crippen LogP contribution is -2.44. The van der Waals surface area contributed by atoms with Gasteiger partial charge in [-0.2, -0.15) is 0 Å². The van der Waals surface area contributed by atoms with Crippen LogP contribution in [0, 0.1) is 5.92 Å². The first-order chi connectivity index (χ1) is 8.33. The minimum atomic E-state index is 0.529. The first kappa shape index (κ1) is 13.3. The molecule has 2 fully saturated rings. The number of ether oxygens (including phenoxy) is 1. The molecule has 2 heterocycles. The van der Waals surface area contributed by atoms with Gasteiger partial charge in [0.2, 0.25) is 0 Å². The molecule has 0 spiro atoms. The molecule has 1 N–H and O–H groups in total. The van der Waals surface area contributed by atoms with E-state index in [0.29, 0.717) is 6.10 Å². The second-order valence-corrected chi connectivity index (χ2v) is 5.50. The van der Waals surface area contributed by atoms with E-state index in [4.69, 9.17) is 4.74 Å². The van der Waals surface area contributed by atoms with Crippen molar-refractivity contribution in [1.82, 2.24) is 10.2 Å². The highest BCUT2D eigenvalue weighted by Crippen LogP contribution is 2.25. The number of nitrogens with zero attached hydrogens (tertiary/aromatic N) is 1. The minimum Gasteiger partial charge on any atom is -0.378 e. The molecule has 2 atom stereocenters. The Kier molecular flexibility index (Phi) is 5.26. The van der Waals surface area contributed by atoms with E-state index >= 15 is 0 Å². The number of hydrogen-bond donors (Lipinski definition) is 1. The van der Waals surface area contributed by atoms with E-state index in [9.17, 15) is 0 Å². The van der Waals surface area contributed by atoms with Gasteiger partial charge in [0, 0.05) is 19.2 Å². The SMILES string of the molecule is CCNC1CCN(CC2CCOC2CC)CC1. The van der Waals surface area contributed by atoms with Crippen molar-refractivity contribution in [2.24, 2.45) is 5.92 Å². The highest BCUT2D eigenvalue weighted by Gasteiger charge is 2.29. The molecular weight excluding hydrogens is 212 g/mol. The maximum Gasteiger partial charge on any atom is 0.0613 e. The van der Waals surface area contributed by atoms with Crippen LogP contribution in [-0.2, 0) is 4.74 Å². The predicted molar refractivity (Wildman–Crippen MR) is 71.3 cm³/mol. The van der Waals surface area contributed by atoms with Crippen LogP contribution in [0.1, 0.15) is 39.5 Å². The maximum atomic E-state index is 5.78. The molecule has 3 heteroatoms. The van der Waals surface area contributed by atoms with Gasteiger partial charge in [-0.3, -0.25) is 0 Å². The van der Waals surface area contributed by atoms with E-state index in [1.165, 1.54) is 45.3 Å². The van der Waals surface area contributed by atoms with E-state index < -0.39 is 0 Å². The second kappa shape index (κ2) is 6.72. The third-order valence-electron chi connectivity index (χ3n) is 4.32. The van der Waals surface area contributed by atoms with E-state index in [1.807, 2.05) is 0 Å². The summed E-state index contributed by atoms with van der Waals surface area (Å²) >= 11 is 0. The molecule has 0 saturated carbocycles. The normalized spacial score (nSPS) is 32.1. The average Bonchev–Trinajstić information content (AvgIpc) is 2.79. The topological polar surface area (TPSA) is 24.5 Å². The van der Waals surface area contributed by atoms with Crippen LogP contribution in [0.15, 0.2) is 0 Å². The largest absolute Gasteiger partial charge is 0.378 e. The Morgan fingerprint density at radius 3 is 2.59 bits per heavy atom. The Labute approximate surface area is 106 Å². The molecule has 2 rings (SSSR count). The summed E-state index contributed by atoms with van der Waals surface area (Å²) in [5.74, 6) is 0.788. The molecule has 0 aromatic rings. The zero-order valence-electron chi connectivity index (χ0n) is 11.5. The molecule has 0 radical (unpaired) electrons. The van der Waals surface area contributed by atoms with Gasteiger partial charge >= 0.3 is 0 Å². The van der Waals surface area contributed by atoms with Gasteiger partial charge in [-0.25, -0.2) is 0 Å². The van der Waals surface area contributed by atoms with E-state index in [0.717, 1.165) is 25.1 Å². The Bertz CT molecular complexity index is 214. The summed E-state index contributed by atoms with van der Waals surface area (Å²) in [7, 11) is 0. The molecule has 17 heavy (non-hydrogen) atoms. The molecule has 0 aromatic heterocycles. The van der Waals surface area contributed by atoms with Gasteiger partial charge in [0.05, 0.1) is 6.10 Å². The summed E-state index contributed by atoms with van der Waals surface area (Å²) in [6.45, 7) is 10.3. The summed E-state index contributed by atoms with van der Waals surface area (Å²) < 4.78 is 5.78. The smallest absolute Gasteiger partial charge is 0.0613 e. The minimum absolute atomic E-state index is 0.529. The molecule has 0 aliphatic carbocycles. The van der Waals surface area contributed by atoms with E-state index in [2.05, 4.69) is 24.1 Å². The van der Waals surface area contributed by atoms with Gasteiger partial charge in [0.25, 0.3) is 0 Å². The lowest BCUT2D eigenvalue weighted by Gasteiger charge is -2.34. The lowest BCUT2D eigenvalue weighted by molar-refractivity contribution is 0.0707. The van der Waals surface area contributed by atoms with E-state index in [1.54, 1.807) is 0 Å². The third-order valence-corrected chi connectivity index (χ3v) is 4.32. The fraction of sp³-hybridized carbons (Fsp3) is 1.00. The van der Waals surface area contributed by atoms with Crippen LogP contribution < -0.4 is 5.32 Å². The van der Waals surface area contributed by atoms with Crippen molar-refractivity contribution in [3.05, 3.63) is 0 Å². The zero-order chi connectivity index (χ0) is 12.1. The first-order valence-corrected chi connectivity index (χ1v) is 7.40. The first-order valence-electron chi connectivity index (χ1n) is 7.40. The van der Waals surface area contributed by atoms with Crippen LogP contribution in [0.4, 0.5) is 0 Å². The summed E-state index contributed by atoms with van der Waals surface area (Å²) in [5.41, 5.74) is 0. The van der Waals surface area contributed by atoms with Gasteiger partial charge in [0.1, 0.15) is 0 Å². The van der Waals surface area contributed by atoms with Crippen LogP contribution >= 0.6 is 0 Å². The van der Waals surface area contributed by atoms with Crippen molar-refractivity contribution >= 4 is 0 Å². The average molecular weight is 240 g/mol. The molecule has 0 bridgehead atoms. The number of piperidine rings is 1. The van der Waals surface area contributed by atoms with Crippen LogP contribution in [0.3, 0.4) is 0 Å². The Balaban J connectivity index is 1.70. The lowest BCUT2D eigenvalue weighted by atomic mass is 9.97. The number of hydrogen-bond acceptors (Lipinski definition) is 3. The summed E-state index contributed by atoms with van der Waals surface area (Å²) in [6, 6.07) is 0.762. The molecule has 2 aliphatic heterocycles. The molecule has 100 valence electrons. The van der Waals surface area contributed by atoms with Crippen molar-refractivity contribution in [3.63, 3.8) is 0 Å². The number of rotatable bonds is 5. The standard InChI is InChI=1S/C14H28N2O/c1-3-14-12(7-10-17-14)11-16-8-5-13(6-9-16)15-4-2/h12-15H,3-11H2,1-2H3. The monoisotopic (exact) mass is 240 g/mol. The van der Waals surface area contributed by atoms with Gasteiger partial charge in [-0.05, 0) is 51.2 Å². The highest BCUT2D eigenvalue weighted by molar-refractivity contribution is 4.82. The van der Waals surface area contributed by atoms with Crippen LogP contribution in [0.5, 0.6) is 0 Å². The summed E-state index contributed by atoms with van der Waals surface area (Å²) in [5, 5.41) is 3.57. The molecular formula is C14H28N2O. The molecule has 2 saturated heterocycles. The highest BCUT2D eigenvalue weighted by atomic mass is 16.5. The fourth-order valence-electron chi connectivity index (χ4n) is 3.29. The molecule has 2 unspecified atom stereocenters. The van der Waals surface area contributed by atoms with Crippen molar-refractivity contribution in [3.8, 4) is 0 Å². The number of likely N-dealkylation sites (tertiary alicyclic amines) is 1. The maximum absolute atomic E-state index is 5.78. The van der Waals surface area contributed by atoms with Crippen molar-refractivity contribution < 1.29 is 4.74 Å². The Hall–Kier alpha value is -0.120. The molecule has 0 aromatic carbocycles. The molecule has 0 amide bonds. The van der Waals surface area contributed by atoms with E-state index in [-0.39, 0.29) is 0 Å². The van der Waals surface area contributed by atoms with Crippen molar-refractivity contribution in [2.75, 3.05) is 32.8 Å². The summed E-state index contributed by atoms with van der Waals surface area (Å²) in [6.07, 6.45) is 5.61. The molecule has 3 nitrogen and oxygen atoms in total. The summed E-state index contributed by atoms with van der Waals surface area (Å²) in [4.78, 5) is 2.65. The van der Waals surface area contributed by atoms with Crippen molar-refractivity contribution in [1.29, 1.82) is 0 Å². The zero-order valence-corrected chi connectivity index (χ0v) is 11.5. The fourth-order valence-corrected chi connectivity index (χ4v) is 3.29. The molecule has 2 aliphatic rings. The van der Waals surface area contributed by atoms with Gasteiger partial charge in [-0.15, -0.1) is 0 Å². The second-order valence-electron chi connectivity index (χ2n) is 5.50. The van der Waals surface area contributed by atoms with Crippen LogP contribution in [0.2, 0.25) is 0 Å².